The molecule has 1 aromatic rings. The van der Waals surface area contributed by atoms with E-state index in [-0.39, 0.29) is 10.3 Å². The molecule has 2 rings (SSSR count). The zero-order valence-corrected chi connectivity index (χ0v) is 14.7. The highest BCUT2D eigenvalue weighted by Crippen LogP contribution is 2.45. The molecule has 0 aliphatic carbocycles. The number of benzene rings is 1. The van der Waals surface area contributed by atoms with Gasteiger partial charge in [-0.15, -0.1) is 0 Å². The van der Waals surface area contributed by atoms with Crippen molar-refractivity contribution in [2.45, 2.75) is 65.2 Å². The van der Waals surface area contributed by atoms with Crippen molar-refractivity contribution in [3.05, 3.63) is 22.8 Å². The highest BCUT2D eigenvalue weighted by atomic mass is 32.2. The Morgan fingerprint density at radius 2 is 1.76 bits per heavy atom. The third-order valence-electron chi connectivity index (χ3n) is 3.97. The van der Waals surface area contributed by atoms with Gasteiger partial charge < -0.3 is 0 Å². The molecule has 118 valence electrons. The van der Waals surface area contributed by atoms with Crippen LogP contribution < -0.4 is 0 Å². The fourth-order valence-corrected chi connectivity index (χ4v) is 3.86. The van der Waals surface area contributed by atoms with Crippen LogP contribution in [-0.4, -0.2) is 18.7 Å². The Hall–Kier alpha value is -1.20. The summed E-state index contributed by atoms with van der Waals surface area (Å²) >= 11 is 0. The number of aliphatic imine (C=N–C) groups is 1. The van der Waals surface area contributed by atoms with Gasteiger partial charge in [-0.2, -0.15) is 8.42 Å². The van der Waals surface area contributed by atoms with Crippen molar-refractivity contribution in [2.24, 2.45) is 4.99 Å². The van der Waals surface area contributed by atoms with E-state index in [0.29, 0.717) is 17.5 Å². The summed E-state index contributed by atoms with van der Waals surface area (Å²) in [5.41, 5.74) is 3.64. The number of hydrogen-bond donors (Lipinski definition) is 1. The molecule has 21 heavy (non-hydrogen) atoms. The van der Waals surface area contributed by atoms with Gasteiger partial charge in [0, 0.05) is 11.1 Å². The van der Waals surface area contributed by atoms with Gasteiger partial charge in [-0.25, -0.2) is 0 Å². The summed E-state index contributed by atoms with van der Waals surface area (Å²) in [6.45, 7) is 13.6. The van der Waals surface area contributed by atoms with Crippen LogP contribution in [0.3, 0.4) is 0 Å². The largest absolute Gasteiger partial charge is 0.295 e. The van der Waals surface area contributed by atoms with Gasteiger partial charge in [0.1, 0.15) is 4.90 Å². The second kappa shape index (κ2) is 5.89. The second-order valence-corrected chi connectivity index (χ2v) is 6.90. The quantitative estimate of drug-likeness (QED) is 0.832. The Labute approximate surface area is 128 Å². The molecule has 0 amide bonds. The zero-order chi connectivity index (χ0) is 16.6. The zero-order valence-electron chi connectivity index (χ0n) is 13.9. The molecule has 1 heterocycles. The van der Waals surface area contributed by atoms with Crippen LogP contribution in [-0.2, 0) is 22.0 Å². The molecule has 0 bridgehead atoms. The smallest absolute Gasteiger partial charge is 0.282 e. The number of nitrogens with zero attached hydrogens (tertiary/aromatic N) is 1. The summed E-state index contributed by atoms with van der Waals surface area (Å²) in [6.07, 6.45) is 0.547. The predicted octanol–water partition coefficient (Wildman–Crippen LogP) is 4.21. The standard InChI is InChI=1S/C14H19NO3S.C2H6/c1-6-10-12-11(15-9(3)14(12,4)5)7-8(2)13(10)19(16,17)18;1-2/h7H,6H2,1-5H3,(H,16,17,18);1-2H3. The van der Waals surface area contributed by atoms with E-state index in [0.717, 1.165) is 17.0 Å². The minimum Gasteiger partial charge on any atom is -0.282 e. The predicted molar refractivity (Wildman–Crippen MR) is 87.5 cm³/mol. The number of fused-ring (bicyclic) bond motifs is 1. The molecule has 0 saturated heterocycles. The summed E-state index contributed by atoms with van der Waals surface area (Å²) in [5.74, 6) is 0. The number of hydrogen-bond acceptors (Lipinski definition) is 3. The Balaban J connectivity index is 0.00000106. The molecule has 0 fully saturated rings. The van der Waals surface area contributed by atoms with Gasteiger partial charge in [-0.1, -0.05) is 34.6 Å². The molecule has 0 saturated carbocycles. The van der Waals surface area contributed by atoms with E-state index >= 15 is 0 Å². The van der Waals surface area contributed by atoms with Crippen molar-refractivity contribution < 1.29 is 13.0 Å². The summed E-state index contributed by atoms with van der Waals surface area (Å²) < 4.78 is 32.8. The lowest BCUT2D eigenvalue weighted by molar-refractivity contribution is 0.481. The molecule has 0 aromatic heterocycles. The van der Waals surface area contributed by atoms with E-state index in [4.69, 9.17) is 0 Å². The van der Waals surface area contributed by atoms with Crippen LogP contribution in [0, 0.1) is 6.92 Å². The Bertz CT molecular complexity index is 686. The monoisotopic (exact) mass is 311 g/mol. The normalized spacial score (nSPS) is 15.9. The van der Waals surface area contributed by atoms with Gasteiger partial charge in [-0.3, -0.25) is 9.55 Å². The van der Waals surface area contributed by atoms with E-state index in [9.17, 15) is 13.0 Å². The first kappa shape index (κ1) is 17.9. The second-order valence-electron chi connectivity index (χ2n) is 5.55. The van der Waals surface area contributed by atoms with E-state index in [1.165, 1.54) is 0 Å². The van der Waals surface area contributed by atoms with Crippen molar-refractivity contribution in [2.75, 3.05) is 0 Å². The Kier molecular flexibility index (Phi) is 5.01. The maximum Gasteiger partial charge on any atom is 0.295 e. The lowest BCUT2D eigenvalue weighted by atomic mass is 9.78. The van der Waals surface area contributed by atoms with Crippen molar-refractivity contribution in [1.82, 2.24) is 0 Å². The maximum absolute atomic E-state index is 11.6. The van der Waals surface area contributed by atoms with Crippen LogP contribution in [0.25, 0.3) is 0 Å². The summed E-state index contributed by atoms with van der Waals surface area (Å²) in [7, 11) is -4.22. The van der Waals surface area contributed by atoms with Gasteiger partial charge in [0.15, 0.2) is 0 Å². The molecule has 1 aliphatic rings. The van der Waals surface area contributed by atoms with E-state index < -0.39 is 10.1 Å². The first-order valence-electron chi connectivity index (χ1n) is 7.31. The van der Waals surface area contributed by atoms with Crippen LogP contribution in [0.15, 0.2) is 16.0 Å². The third kappa shape index (κ3) is 2.90. The molecular formula is C16H25NO3S. The lowest BCUT2D eigenvalue weighted by Gasteiger charge is -2.24. The minimum atomic E-state index is -4.22. The van der Waals surface area contributed by atoms with E-state index in [1.54, 1.807) is 13.0 Å². The molecule has 1 aromatic carbocycles. The fraction of sp³-hybridized carbons (Fsp3) is 0.562. The fourth-order valence-electron chi connectivity index (χ4n) is 2.83. The first-order chi connectivity index (χ1) is 9.60. The topological polar surface area (TPSA) is 66.7 Å². The Morgan fingerprint density at radius 3 is 2.19 bits per heavy atom. The van der Waals surface area contributed by atoms with Crippen molar-refractivity contribution in [3.8, 4) is 0 Å². The molecule has 0 spiro atoms. The van der Waals surface area contributed by atoms with Gasteiger partial charge in [0.05, 0.1) is 5.69 Å². The highest BCUT2D eigenvalue weighted by Gasteiger charge is 2.37. The van der Waals surface area contributed by atoms with Gasteiger partial charge in [0.25, 0.3) is 10.1 Å². The molecule has 0 radical (unpaired) electrons. The SMILES string of the molecule is CC.CCc1c2c(cc(C)c1S(=O)(=O)O)N=C(C)C2(C)C. The van der Waals surface area contributed by atoms with Crippen LogP contribution in [0.2, 0.25) is 0 Å². The average Bonchev–Trinajstić information content (AvgIpc) is 2.59. The van der Waals surface area contributed by atoms with E-state index in [1.807, 2.05) is 41.5 Å². The lowest BCUT2D eigenvalue weighted by Crippen LogP contribution is -2.25. The van der Waals surface area contributed by atoms with Crippen LogP contribution in [0.1, 0.15) is 58.2 Å². The number of aryl methyl sites for hydroxylation is 1. The third-order valence-corrected chi connectivity index (χ3v) is 5.06. The van der Waals surface area contributed by atoms with Crippen LogP contribution >= 0.6 is 0 Å². The average molecular weight is 311 g/mol. The molecule has 4 nitrogen and oxygen atoms in total. The van der Waals surface area contributed by atoms with Gasteiger partial charge >= 0.3 is 0 Å². The van der Waals surface area contributed by atoms with Crippen molar-refractivity contribution in [3.63, 3.8) is 0 Å². The molecular weight excluding hydrogens is 286 g/mol. The van der Waals surface area contributed by atoms with Crippen molar-refractivity contribution in [1.29, 1.82) is 0 Å². The summed E-state index contributed by atoms with van der Waals surface area (Å²) in [6, 6.07) is 1.75. The Morgan fingerprint density at radius 1 is 1.24 bits per heavy atom. The van der Waals surface area contributed by atoms with E-state index in [2.05, 4.69) is 4.99 Å². The molecule has 5 heteroatoms. The molecule has 0 atom stereocenters. The molecule has 1 aliphatic heterocycles. The first-order valence-corrected chi connectivity index (χ1v) is 8.75. The van der Waals surface area contributed by atoms with Crippen LogP contribution in [0.4, 0.5) is 5.69 Å². The maximum atomic E-state index is 11.6. The van der Waals surface area contributed by atoms with Gasteiger partial charge in [-0.05, 0) is 43.0 Å². The highest BCUT2D eigenvalue weighted by molar-refractivity contribution is 7.86. The van der Waals surface area contributed by atoms with Crippen molar-refractivity contribution >= 4 is 21.5 Å². The number of rotatable bonds is 2. The molecule has 0 unspecified atom stereocenters. The molecule has 1 N–H and O–H groups in total. The van der Waals surface area contributed by atoms with Gasteiger partial charge in [0.2, 0.25) is 0 Å². The summed E-state index contributed by atoms with van der Waals surface area (Å²) in [4.78, 5) is 4.59. The minimum absolute atomic E-state index is 0.0479. The van der Waals surface area contributed by atoms with Crippen LogP contribution in [0.5, 0.6) is 0 Å². The summed E-state index contributed by atoms with van der Waals surface area (Å²) in [5, 5.41) is 0.